The molecular formula is C15H12ClFN4O. The quantitative estimate of drug-likeness (QED) is 0.683. The Hall–Kier alpha value is -2.31. The second-order valence-corrected chi connectivity index (χ2v) is 4.80. The molecule has 2 heterocycles. The second kappa shape index (κ2) is 6.21. The number of halogens is 2. The van der Waals surface area contributed by atoms with Crippen molar-refractivity contribution in [1.29, 1.82) is 0 Å². The van der Waals surface area contributed by atoms with Gasteiger partial charge in [-0.05, 0) is 31.2 Å². The van der Waals surface area contributed by atoms with Crippen LogP contribution < -0.4 is 5.06 Å². The second-order valence-electron chi connectivity index (χ2n) is 4.39. The highest BCUT2D eigenvalue weighted by Gasteiger charge is 2.15. The minimum Gasteiger partial charge on any atom is -0.266 e. The summed E-state index contributed by atoms with van der Waals surface area (Å²) < 4.78 is 13.7. The van der Waals surface area contributed by atoms with E-state index in [0.717, 1.165) is 0 Å². The van der Waals surface area contributed by atoms with Crippen molar-refractivity contribution < 1.29 is 9.23 Å². The van der Waals surface area contributed by atoms with Gasteiger partial charge < -0.3 is 0 Å². The van der Waals surface area contributed by atoms with Crippen LogP contribution in [0.2, 0.25) is 5.02 Å². The molecule has 0 spiro atoms. The molecule has 0 unspecified atom stereocenters. The number of hydrogen-bond donors (Lipinski definition) is 0. The van der Waals surface area contributed by atoms with Gasteiger partial charge in [-0.3, -0.25) is 9.82 Å². The largest absolute Gasteiger partial charge is 0.266 e. The molecule has 0 aliphatic carbocycles. The molecule has 0 saturated carbocycles. The van der Waals surface area contributed by atoms with Crippen molar-refractivity contribution in [3.8, 4) is 0 Å². The summed E-state index contributed by atoms with van der Waals surface area (Å²) in [6, 6.07) is 7.97. The topological polar surface area (TPSA) is 51.1 Å². The number of nitrogens with zero attached hydrogens (tertiary/aromatic N) is 4. The van der Waals surface area contributed by atoms with E-state index in [4.69, 9.17) is 16.4 Å². The van der Waals surface area contributed by atoms with Crippen LogP contribution in [0.5, 0.6) is 0 Å². The summed E-state index contributed by atoms with van der Waals surface area (Å²) in [5.74, 6) is -0.240. The zero-order valence-corrected chi connectivity index (χ0v) is 12.5. The van der Waals surface area contributed by atoms with Crippen molar-refractivity contribution in [3.63, 3.8) is 0 Å². The van der Waals surface area contributed by atoms with Gasteiger partial charge in [-0.2, -0.15) is 5.06 Å². The summed E-state index contributed by atoms with van der Waals surface area (Å²) in [6.45, 7) is 2.20. The predicted octanol–water partition coefficient (Wildman–Crippen LogP) is 3.91. The minimum absolute atomic E-state index is 0.0452. The molecule has 5 nitrogen and oxygen atoms in total. The monoisotopic (exact) mass is 318 g/mol. The van der Waals surface area contributed by atoms with E-state index in [1.807, 2.05) is 13.0 Å². The lowest BCUT2D eigenvalue weighted by atomic mass is 10.3. The van der Waals surface area contributed by atoms with E-state index in [9.17, 15) is 4.39 Å². The van der Waals surface area contributed by atoms with Crippen molar-refractivity contribution in [2.24, 2.45) is 0 Å². The van der Waals surface area contributed by atoms with Crippen molar-refractivity contribution in [1.82, 2.24) is 15.0 Å². The van der Waals surface area contributed by atoms with Gasteiger partial charge in [-0.15, -0.1) is 0 Å². The van der Waals surface area contributed by atoms with Gasteiger partial charge in [0, 0.05) is 12.3 Å². The van der Waals surface area contributed by atoms with Crippen LogP contribution >= 0.6 is 11.6 Å². The van der Waals surface area contributed by atoms with E-state index in [1.165, 1.54) is 17.2 Å². The molecule has 0 saturated heterocycles. The van der Waals surface area contributed by atoms with Crippen LogP contribution in [0.25, 0.3) is 11.0 Å². The number of pyridine rings is 1. The number of fused-ring (bicyclic) bond motifs is 1. The highest BCUT2D eigenvalue weighted by molar-refractivity contribution is 6.30. The fourth-order valence-corrected chi connectivity index (χ4v) is 2.06. The SMILES string of the molecule is CCON(c1ccc(Cl)c(F)c1)c1ncc2ncccc2n1. The van der Waals surface area contributed by atoms with Crippen LogP contribution in [0, 0.1) is 5.82 Å². The first-order valence-corrected chi connectivity index (χ1v) is 7.02. The third kappa shape index (κ3) is 2.84. The minimum atomic E-state index is -0.536. The lowest BCUT2D eigenvalue weighted by Gasteiger charge is -2.21. The average molecular weight is 319 g/mol. The third-order valence-corrected chi connectivity index (χ3v) is 3.22. The molecule has 1 aromatic carbocycles. The van der Waals surface area contributed by atoms with Gasteiger partial charge in [0.15, 0.2) is 0 Å². The zero-order valence-electron chi connectivity index (χ0n) is 11.7. The summed E-state index contributed by atoms with van der Waals surface area (Å²) in [6.07, 6.45) is 3.26. The van der Waals surface area contributed by atoms with E-state index in [1.54, 1.807) is 24.5 Å². The molecule has 0 N–H and O–H groups in total. The maximum atomic E-state index is 13.7. The molecule has 0 fully saturated rings. The van der Waals surface area contributed by atoms with Crippen molar-refractivity contribution >= 4 is 34.3 Å². The predicted molar refractivity (Wildman–Crippen MR) is 82.5 cm³/mol. The highest BCUT2D eigenvalue weighted by atomic mass is 35.5. The van der Waals surface area contributed by atoms with E-state index in [2.05, 4.69) is 15.0 Å². The lowest BCUT2D eigenvalue weighted by molar-refractivity contribution is 0.145. The molecule has 22 heavy (non-hydrogen) atoms. The Kier molecular flexibility index (Phi) is 4.13. The molecule has 3 aromatic rings. The molecule has 0 atom stereocenters. The van der Waals surface area contributed by atoms with Gasteiger partial charge in [-0.1, -0.05) is 11.6 Å². The Labute approximate surface area is 131 Å². The van der Waals surface area contributed by atoms with Crippen LogP contribution in [0.15, 0.2) is 42.7 Å². The van der Waals surface area contributed by atoms with Gasteiger partial charge in [0.2, 0.25) is 0 Å². The van der Waals surface area contributed by atoms with E-state index < -0.39 is 5.82 Å². The zero-order chi connectivity index (χ0) is 15.5. The average Bonchev–Trinajstić information content (AvgIpc) is 2.55. The number of anilines is 2. The number of benzene rings is 1. The summed E-state index contributed by atoms with van der Waals surface area (Å²) in [4.78, 5) is 18.3. The van der Waals surface area contributed by atoms with Gasteiger partial charge in [0.1, 0.15) is 11.3 Å². The highest BCUT2D eigenvalue weighted by Crippen LogP contribution is 2.27. The number of aromatic nitrogens is 3. The van der Waals surface area contributed by atoms with Gasteiger partial charge in [-0.25, -0.2) is 14.4 Å². The Morgan fingerprint density at radius 2 is 2.09 bits per heavy atom. The number of hydrogen-bond acceptors (Lipinski definition) is 5. The van der Waals surface area contributed by atoms with E-state index >= 15 is 0 Å². The summed E-state index contributed by atoms with van der Waals surface area (Å²) >= 11 is 5.71. The molecular weight excluding hydrogens is 307 g/mol. The summed E-state index contributed by atoms with van der Waals surface area (Å²) in [5.41, 5.74) is 1.80. The van der Waals surface area contributed by atoms with E-state index in [0.29, 0.717) is 29.3 Å². The Balaban J connectivity index is 2.06. The van der Waals surface area contributed by atoms with E-state index in [-0.39, 0.29) is 5.02 Å². The van der Waals surface area contributed by atoms with Gasteiger partial charge in [0.05, 0.1) is 29.0 Å². The Morgan fingerprint density at radius 3 is 2.86 bits per heavy atom. The normalized spacial score (nSPS) is 10.9. The molecule has 0 aliphatic heterocycles. The van der Waals surface area contributed by atoms with Crippen molar-refractivity contribution in [3.05, 3.63) is 53.6 Å². The Morgan fingerprint density at radius 1 is 1.23 bits per heavy atom. The molecule has 0 bridgehead atoms. The first-order chi connectivity index (χ1) is 10.7. The third-order valence-electron chi connectivity index (χ3n) is 2.92. The first-order valence-electron chi connectivity index (χ1n) is 6.65. The van der Waals surface area contributed by atoms with Crippen LogP contribution in [0.4, 0.5) is 16.0 Å². The van der Waals surface area contributed by atoms with Crippen LogP contribution in [0.1, 0.15) is 6.92 Å². The first kappa shape index (κ1) is 14.6. The summed E-state index contributed by atoms with van der Waals surface area (Å²) in [7, 11) is 0. The molecule has 7 heteroatoms. The summed E-state index contributed by atoms with van der Waals surface area (Å²) in [5, 5.41) is 1.41. The molecule has 0 radical (unpaired) electrons. The molecule has 0 amide bonds. The van der Waals surface area contributed by atoms with Crippen LogP contribution in [-0.4, -0.2) is 21.6 Å². The molecule has 0 aliphatic rings. The smallest absolute Gasteiger partial charge is 0.255 e. The van der Waals surface area contributed by atoms with Crippen LogP contribution in [-0.2, 0) is 4.84 Å². The maximum absolute atomic E-state index is 13.7. The van der Waals surface area contributed by atoms with Crippen molar-refractivity contribution in [2.45, 2.75) is 6.92 Å². The Bertz CT molecular complexity index is 814. The van der Waals surface area contributed by atoms with Crippen molar-refractivity contribution in [2.75, 3.05) is 11.7 Å². The molecule has 2 aromatic heterocycles. The van der Waals surface area contributed by atoms with Gasteiger partial charge >= 0.3 is 0 Å². The van der Waals surface area contributed by atoms with Gasteiger partial charge in [0.25, 0.3) is 5.95 Å². The standard InChI is InChI=1S/C15H12ClFN4O/c1-2-22-21(10-5-6-11(16)12(17)8-10)15-19-9-14-13(20-15)4-3-7-18-14/h3-9H,2H2,1H3. The fraction of sp³-hybridized carbons (Fsp3) is 0.133. The lowest BCUT2D eigenvalue weighted by Crippen LogP contribution is -2.20. The van der Waals surface area contributed by atoms with Crippen LogP contribution in [0.3, 0.4) is 0 Å². The fourth-order valence-electron chi connectivity index (χ4n) is 1.94. The molecule has 112 valence electrons. The molecule has 3 rings (SSSR count). The maximum Gasteiger partial charge on any atom is 0.255 e. The number of rotatable bonds is 4.